The highest BCUT2D eigenvalue weighted by Crippen LogP contribution is 2.08. The molecule has 0 atom stereocenters. The van der Waals surface area contributed by atoms with Crippen molar-refractivity contribution in [1.29, 1.82) is 10.7 Å². The van der Waals surface area contributed by atoms with Crippen LogP contribution in [0.25, 0.3) is 0 Å². The van der Waals surface area contributed by atoms with Crippen LogP contribution in [0.15, 0.2) is 29.4 Å². The standard InChI is InChI=1S/C10H10N6O/c11-5-8(9(12)13)16-15-7-3-1-6(2-4-7)10(14)17/h1-4,15H,(H3,12,13)(H2,14,17)/b16-8+. The van der Waals surface area contributed by atoms with Crippen molar-refractivity contribution in [1.82, 2.24) is 0 Å². The van der Waals surface area contributed by atoms with Gasteiger partial charge < -0.3 is 11.5 Å². The van der Waals surface area contributed by atoms with Crippen molar-refractivity contribution < 1.29 is 4.79 Å². The highest BCUT2D eigenvalue weighted by molar-refractivity contribution is 6.45. The van der Waals surface area contributed by atoms with Crippen LogP contribution in [0.4, 0.5) is 5.69 Å². The molecule has 6 N–H and O–H groups in total. The number of amides is 1. The number of hydrogen-bond donors (Lipinski definition) is 4. The maximum atomic E-state index is 10.8. The molecule has 0 saturated heterocycles. The zero-order valence-corrected chi connectivity index (χ0v) is 8.77. The maximum Gasteiger partial charge on any atom is 0.248 e. The molecule has 1 aromatic carbocycles. The number of carbonyl (C=O) groups is 1. The third-order valence-electron chi connectivity index (χ3n) is 1.83. The zero-order chi connectivity index (χ0) is 12.8. The molecule has 0 unspecified atom stereocenters. The molecule has 7 nitrogen and oxygen atoms in total. The van der Waals surface area contributed by atoms with E-state index in [4.69, 9.17) is 22.1 Å². The number of nitrogens with zero attached hydrogens (tertiary/aromatic N) is 2. The zero-order valence-electron chi connectivity index (χ0n) is 8.77. The minimum Gasteiger partial charge on any atom is -0.382 e. The predicted octanol–water partition coefficient (Wildman–Crippen LogP) is 0.0130. The van der Waals surface area contributed by atoms with Gasteiger partial charge in [0.2, 0.25) is 11.6 Å². The van der Waals surface area contributed by atoms with Gasteiger partial charge in [0.25, 0.3) is 0 Å². The van der Waals surface area contributed by atoms with E-state index >= 15 is 0 Å². The van der Waals surface area contributed by atoms with Gasteiger partial charge >= 0.3 is 0 Å². The second-order valence-corrected chi connectivity index (χ2v) is 3.04. The van der Waals surface area contributed by atoms with Gasteiger partial charge in [-0.1, -0.05) is 0 Å². The lowest BCUT2D eigenvalue weighted by Gasteiger charge is -2.01. The Morgan fingerprint density at radius 2 is 1.94 bits per heavy atom. The summed E-state index contributed by atoms with van der Waals surface area (Å²) in [6, 6.07) is 7.83. The second kappa shape index (κ2) is 5.27. The summed E-state index contributed by atoms with van der Waals surface area (Å²) in [4.78, 5) is 10.8. The average Bonchev–Trinajstić information content (AvgIpc) is 2.30. The van der Waals surface area contributed by atoms with Crippen molar-refractivity contribution in [3.63, 3.8) is 0 Å². The average molecular weight is 230 g/mol. The molecule has 0 aliphatic carbocycles. The van der Waals surface area contributed by atoms with Gasteiger partial charge in [-0.05, 0) is 24.3 Å². The van der Waals surface area contributed by atoms with Gasteiger partial charge in [0.15, 0.2) is 5.84 Å². The van der Waals surface area contributed by atoms with Crippen LogP contribution in [0.1, 0.15) is 10.4 Å². The maximum absolute atomic E-state index is 10.8. The van der Waals surface area contributed by atoms with E-state index in [1.807, 2.05) is 0 Å². The SMILES string of the molecule is N#C/C(=N\Nc1ccc(C(N)=O)cc1)C(=N)N. The number of anilines is 1. The molecule has 86 valence electrons. The summed E-state index contributed by atoms with van der Waals surface area (Å²) in [5.41, 5.74) is 13.4. The minimum atomic E-state index is -0.526. The summed E-state index contributed by atoms with van der Waals surface area (Å²) in [5, 5.41) is 19.2. The second-order valence-electron chi connectivity index (χ2n) is 3.04. The Labute approximate surface area is 97.2 Å². The molecule has 0 aromatic heterocycles. The fourth-order valence-electron chi connectivity index (χ4n) is 0.975. The molecule has 17 heavy (non-hydrogen) atoms. The van der Waals surface area contributed by atoms with Gasteiger partial charge in [-0.25, -0.2) is 0 Å². The van der Waals surface area contributed by atoms with Crippen LogP contribution in [0.5, 0.6) is 0 Å². The van der Waals surface area contributed by atoms with E-state index in [-0.39, 0.29) is 5.71 Å². The number of nitrogens with two attached hydrogens (primary N) is 2. The van der Waals surface area contributed by atoms with E-state index in [0.29, 0.717) is 11.3 Å². The highest BCUT2D eigenvalue weighted by Gasteiger charge is 2.02. The van der Waals surface area contributed by atoms with Crippen LogP contribution >= 0.6 is 0 Å². The van der Waals surface area contributed by atoms with Gasteiger partial charge in [-0.15, -0.1) is 0 Å². The Kier molecular flexibility index (Phi) is 3.78. The number of hydrogen-bond acceptors (Lipinski definition) is 5. The Morgan fingerprint density at radius 1 is 1.35 bits per heavy atom. The fourth-order valence-corrected chi connectivity index (χ4v) is 0.975. The number of hydrazone groups is 1. The fraction of sp³-hybridized carbons (Fsp3) is 0. The molecule has 7 heteroatoms. The van der Waals surface area contributed by atoms with Crippen LogP contribution in [-0.4, -0.2) is 17.5 Å². The summed E-state index contributed by atoms with van der Waals surface area (Å²) < 4.78 is 0. The van der Waals surface area contributed by atoms with E-state index in [1.54, 1.807) is 18.2 Å². The molecule has 0 heterocycles. The summed E-state index contributed by atoms with van der Waals surface area (Å²) >= 11 is 0. The van der Waals surface area contributed by atoms with Crippen molar-refractivity contribution in [2.75, 3.05) is 5.43 Å². The molecule has 0 aliphatic rings. The molecule has 0 spiro atoms. The minimum absolute atomic E-state index is 0.219. The number of rotatable bonds is 4. The number of nitriles is 1. The summed E-state index contributed by atoms with van der Waals surface area (Å²) in [6.07, 6.45) is 0. The Morgan fingerprint density at radius 3 is 2.35 bits per heavy atom. The van der Waals surface area contributed by atoms with Crippen molar-refractivity contribution in [3.8, 4) is 6.07 Å². The first-order valence-corrected chi connectivity index (χ1v) is 4.52. The lowest BCUT2D eigenvalue weighted by molar-refractivity contribution is 0.100. The molecule has 0 bridgehead atoms. The van der Waals surface area contributed by atoms with Gasteiger partial charge in [0, 0.05) is 5.56 Å². The van der Waals surface area contributed by atoms with E-state index < -0.39 is 11.7 Å². The monoisotopic (exact) mass is 230 g/mol. The van der Waals surface area contributed by atoms with Crippen molar-refractivity contribution in [2.24, 2.45) is 16.6 Å². The van der Waals surface area contributed by atoms with E-state index in [2.05, 4.69) is 10.5 Å². The molecule has 1 amide bonds. The molecule has 0 radical (unpaired) electrons. The number of carbonyl (C=O) groups excluding carboxylic acids is 1. The van der Waals surface area contributed by atoms with Gasteiger partial charge in [0.05, 0.1) is 5.69 Å². The van der Waals surface area contributed by atoms with Crippen LogP contribution in [0.2, 0.25) is 0 Å². The third kappa shape index (κ3) is 3.32. The Bertz CT molecular complexity index is 511. The third-order valence-corrected chi connectivity index (χ3v) is 1.83. The largest absolute Gasteiger partial charge is 0.382 e. The van der Waals surface area contributed by atoms with Gasteiger partial charge in [-0.2, -0.15) is 10.4 Å². The molecule has 0 aliphatic heterocycles. The van der Waals surface area contributed by atoms with Gasteiger partial charge in [-0.3, -0.25) is 15.6 Å². The first kappa shape index (κ1) is 12.2. The number of amidine groups is 1. The quantitative estimate of drug-likeness (QED) is 0.328. The van der Waals surface area contributed by atoms with Crippen molar-refractivity contribution in [3.05, 3.63) is 29.8 Å². The van der Waals surface area contributed by atoms with Crippen LogP contribution < -0.4 is 16.9 Å². The lowest BCUT2D eigenvalue weighted by Crippen LogP contribution is -2.21. The first-order valence-electron chi connectivity index (χ1n) is 4.52. The highest BCUT2D eigenvalue weighted by atomic mass is 16.1. The van der Waals surface area contributed by atoms with E-state index in [9.17, 15) is 4.79 Å². The Balaban J connectivity index is 2.80. The van der Waals surface area contributed by atoms with Crippen molar-refractivity contribution in [2.45, 2.75) is 0 Å². The van der Waals surface area contributed by atoms with E-state index in [1.165, 1.54) is 12.1 Å². The van der Waals surface area contributed by atoms with Crippen LogP contribution in [0, 0.1) is 16.7 Å². The molecular weight excluding hydrogens is 220 g/mol. The number of nitrogens with one attached hydrogen (secondary N) is 2. The van der Waals surface area contributed by atoms with Crippen LogP contribution in [-0.2, 0) is 0 Å². The molecule has 0 saturated carbocycles. The van der Waals surface area contributed by atoms with Crippen LogP contribution in [0.3, 0.4) is 0 Å². The topological polar surface area (TPSA) is 141 Å². The Hall–Kier alpha value is -2.88. The predicted molar refractivity (Wildman–Crippen MR) is 63.5 cm³/mol. The van der Waals surface area contributed by atoms with Crippen molar-refractivity contribution >= 4 is 23.1 Å². The summed E-state index contributed by atoms with van der Waals surface area (Å²) in [7, 11) is 0. The lowest BCUT2D eigenvalue weighted by atomic mass is 10.2. The first-order chi connectivity index (χ1) is 8.04. The summed E-state index contributed by atoms with van der Waals surface area (Å²) in [6.45, 7) is 0. The number of primary amides is 1. The molecular formula is C10H10N6O. The molecule has 0 fully saturated rings. The summed E-state index contributed by atoms with van der Waals surface area (Å²) in [5.74, 6) is -0.949. The van der Waals surface area contributed by atoms with Gasteiger partial charge in [0.1, 0.15) is 6.07 Å². The normalized spacial score (nSPS) is 10.4. The number of benzene rings is 1. The van der Waals surface area contributed by atoms with E-state index in [0.717, 1.165) is 0 Å². The molecule has 1 aromatic rings. The molecule has 1 rings (SSSR count). The smallest absolute Gasteiger partial charge is 0.248 e.